The highest BCUT2D eigenvalue weighted by atomic mass is 32.1. The van der Waals surface area contributed by atoms with E-state index < -0.39 is 17.4 Å². The first-order valence-electron chi connectivity index (χ1n) is 11.6. The number of aryl methyl sites for hydroxylation is 1. The van der Waals surface area contributed by atoms with Crippen molar-refractivity contribution in [2.45, 2.75) is 24.3 Å². The first kappa shape index (κ1) is 23.5. The van der Waals surface area contributed by atoms with Crippen LogP contribution in [0.3, 0.4) is 0 Å². The smallest absolute Gasteiger partial charge is 0.311 e. The summed E-state index contributed by atoms with van der Waals surface area (Å²) in [6.45, 7) is 1.29. The van der Waals surface area contributed by atoms with Crippen molar-refractivity contribution in [2.24, 2.45) is 7.05 Å². The van der Waals surface area contributed by atoms with Crippen LogP contribution in [0.15, 0.2) is 54.6 Å². The minimum atomic E-state index is -0.876. The first-order valence-corrected chi connectivity index (χ1v) is 12.4. The summed E-state index contributed by atoms with van der Waals surface area (Å²) in [4.78, 5) is 26.9. The number of aromatic nitrogens is 1. The van der Waals surface area contributed by atoms with Gasteiger partial charge in [-0.25, -0.2) is 0 Å². The number of thiophene rings is 1. The van der Waals surface area contributed by atoms with E-state index in [1.807, 2.05) is 49.5 Å². The molecule has 0 bridgehead atoms. The predicted octanol–water partition coefficient (Wildman–Crippen LogP) is 4.64. The maximum absolute atomic E-state index is 13.4. The van der Waals surface area contributed by atoms with E-state index in [9.17, 15) is 14.7 Å². The second-order valence-electron chi connectivity index (χ2n) is 9.04. The monoisotopic (exact) mass is 492 g/mol. The van der Waals surface area contributed by atoms with Crippen molar-refractivity contribution in [2.75, 3.05) is 26.9 Å². The number of hydrogen-bond acceptors (Lipinski definition) is 5. The quantitative estimate of drug-likeness (QED) is 0.374. The summed E-state index contributed by atoms with van der Waals surface area (Å²) in [7, 11) is 3.58. The van der Waals surface area contributed by atoms with Crippen LogP contribution in [-0.4, -0.2) is 48.5 Å². The highest BCUT2D eigenvalue weighted by molar-refractivity contribution is 7.20. The summed E-state index contributed by atoms with van der Waals surface area (Å²) in [5, 5.41) is 15.1. The molecule has 1 saturated heterocycles. The molecule has 2 N–H and O–H groups in total. The third-order valence-electron chi connectivity index (χ3n) is 6.95. The number of carbonyl (C=O) groups excluding carboxylic acids is 1. The number of para-hydroxylation sites is 1. The van der Waals surface area contributed by atoms with Gasteiger partial charge in [-0.05, 0) is 29.7 Å². The number of nitrogens with one attached hydrogen (secondary N) is 1. The third kappa shape index (κ3) is 4.22. The summed E-state index contributed by atoms with van der Waals surface area (Å²) < 4.78 is 12.9. The average Bonchev–Trinajstić information content (AvgIpc) is 3.57. The zero-order chi connectivity index (χ0) is 24.6. The lowest BCUT2D eigenvalue weighted by molar-refractivity contribution is -0.139. The Bertz CT molecular complexity index is 1380. The van der Waals surface area contributed by atoms with E-state index in [4.69, 9.17) is 9.47 Å². The molecule has 182 valence electrons. The molecule has 2 atom stereocenters. The molecule has 0 spiro atoms. The molecule has 3 heterocycles. The highest BCUT2D eigenvalue weighted by Crippen LogP contribution is 2.36. The molecule has 0 radical (unpaired) electrons. The second-order valence-corrected chi connectivity index (χ2v) is 10.1. The number of rotatable bonds is 8. The molecule has 8 heteroatoms. The van der Waals surface area contributed by atoms with Gasteiger partial charge in [0.1, 0.15) is 4.83 Å². The molecule has 2 aromatic carbocycles. The van der Waals surface area contributed by atoms with Crippen molar-refractivity contribution < 1.29 is 24.2 Å². The SMILES string of the molecule is COCCC(C(=O)O)c1ccc(C2(NC(=O)c3cc4c5ccccc5n(C)c4s3)CCOC2)cc1. The predicted molar refractivity (Wildman–Crippen MR) is 136 cm³/mol. The molecule has 1 fully saturated rings. The Kier molecular flexibility index (Phi) is 6.35. The molecule has 7 nitrogen and oxygen atoms in total. The van der Waals surface area contributed by atoms with Crippen molar-refractivity contribution in [3.63, 3.8) is 0 Å². The Balaban J connectivity index is 1.42. The van der Waals surface area contributed by atoms with Crippen LogP contribution in [0.5, 0.6) is 0 Å². The van der Waals surface area contributed by atoms with E-state index in [0.717, 1.165) is 32.2 Å². The molecule has 1 aliphatic rings. The number of hydrogen-bond donors (Lipinski definition) is 2. The molecule has 0 saturated carbocycles. The summed E-state index contributed by atoms with van der Waals surface area (Å²) in [6.07, 6.45) is 1.05. The van der Waals surface area contributed by atoms with Crippen LogP contribution in [0.4, 0.5) is 0 Å². The standard InChI is InChI=1S/C27H28N2O5S/c1-29-22-6-4-3-5-20(22)21-15-23(35-25(21)29)24(30)28-27(12-14-34-16-27)18-9-7-17(8-10-18)19(26(31)32)11-13-33-2/h3-10,15,19H,11-14,16H2,1-2H3,(H,28,30)(H,31,32). The molecular weight excluding hydrogens is 464 g/mol. The van der Waals surface area contributed by atoms with Gasteiger partial charge in [-0.1, -0.05) is 42.5 Å². The number of fused-ring (bicyclic) bond motifs is 3. The van der Waals surface area contributed by atoms with Gasteiger partial charge in [0.15, 0.2) is 0 Å². The Morgan fingerprint density at radius 3 is 2.66 bits per heavy atom. The molecule has 1 amide bonds. The Morgan fingerprint density at radius 2 is 1.97 bits per heavy atom. The lowest BCUT2D eigenvalue weighted by atomic mass is 9.86. The fourth-order valence-electron chi connectivity index (χ4n) is 4.98. The fraction of sp³-hybridized carbons (Fsp3) is 0.333. The lowest BCUT2D eigenvalue weighted by Gasteiger charge is -2.29. The Labute approximate surface area is 207 Å². The van der Waals surface area contributed by atoms with Gasteiger partial charge in [-0.15, -0.1) is 11.3 Å². The van der Waals surface area contributed by atoms with Gasteiger partial charge in [0.05, 0.1) is 22.9 Å². The number of carbonyl (C=O) groups is 2. The average molecular weight is 493 g/mol. The van der Waals surface area contributed by atoms with Crippen LogP contribution < -0.4 is 5.32 Å². The Hall–Kier alpha value is -3.20. The largest absolute Gasteiger partial charge is 0.481 e. The van der Waals surface area contributed by atoms with Gasteiger partial charge >= 0.3 is 5.97 Å². The number of aliphatic carboxylic acids is 1. The molecule has 2 aromatic heterocycles. The lowest BCUT2D eigenvalue weighted by Crippen LogP contribution is -2.46. The summed E-state index contributed by atoms with van der Waals surface area (Å²) >= 11 is 1.49. The zero-order valence-corrected chi connectivity index (χ0v) is 20.6. The number of ether oxygens (including phenoxy) is 2. The van der Waals surface area contributed by atoms with Crippen LogP contribution in [-0.2, 0) is 26.9 Å². The summed E-state index contributed by atoms with van der Waals surface area (Å²) in [5.41, 5.74) is 2.12. The van der Waals surface area contributed by atoms with Crippen LogP contribution in [0.2, 0.25) is 0 Å². The zero-order valence-electron chi connectivity index (χ0n) is 19.7. The highest BCUT2D eigenvalue weighted by Gasteiger charge is 2.39. The Morgan fingerprint density at radius 1 is 1.20 bits per heavy atom. The van der Waals surface area contributed by atoms with Crippen molar-refractivity contribution in [3.05, 3.63) is 70.6 Å². The topological polar surface area (TPSA) is 89.8 Å². The van der Waals surface area contributed by atoms with Gasteiger partial charge < -0.3 is 24.5 Å². The van der Waals surface area contributed by atoms with Crippen LogP contribution in [0.25, 0.3) is 21.1 Å². The third-order valence-corrected chi connectivity index (χ3v) is 8.16. The van der Waals surface area contributed by atoms with Crippen molar-refractivity contribution in [1.29, 1.82) is 0 Å². The molecule has 4 aromatic rings. The van der Waals surface area contributed by atoms with Crippen LogP contribution >= 0.6 is 11.3 Å². The first-order chi connectivity index (χ1) is 16.9. The normalized spacial score (nSPS) is 18.8. The van der Waals surface area contributed by atoms with E-state index in [2.05, 4.69) is 22.0 Å². The molecule has 5 rings (SSSR count). The van der Waals surface area contributed by atoms with E-state index in [-0.39, 0.29) is 5.91 Å². The number of benzene rings is 2. The van der Waals surface area contributed by atoms with Crippen LogP contribution in [0.1, 0.15) is 39.6 Å². The second kappa shape index (κ2) is 9.45. The van der Waals surface area contributed by atoms with Gasteiger partial charge in [-0.2, -0.15) is 0 Å². The number of methoxy groups -OCH3 is 1. The molecule has 2 unspecified atom stereocenters. The maximum atomic E-state index is 13.4. The number of nitrogens with zero attached hydrogens (tertiary/aromatic N) is 1. The number of carboxylic acids is 1. The van der Waals surface area contributed by atoms with Crippen molar-refractivity contribution in [3.8, 4) is 0 Å². The van der Waals surface area contributed by atoms with Gasteiger partial charge in [0, 0.05) is 50.1 Å². The van der Waals surface area contributed by atoms with E-state index in [0.29, 0.717) is 37.5 Å². The minimum absolute atomic E-state index is 0.131. The molecule has 1 aliphatic heterocycles. The molecule has 35 heavy (non-hydrogen) atoms. The van der Waals surface area contributed by atoms with Gasteiger partial charge in [0.2, 0.25) is 0 Å². The maximum Gasteiger partial charge on any atom is 0.311 e. The summed E-state index contributed by atoms with van der Waals surface area (Å²) in [6, 6.07) is 17.7. The van der Waals surface area contributed by atoms with Gasteiger partial charge in [0.25, 0.3) is 5.91 Å². The van der Waals surface area contributed by atoms with E-state index in [1.165, 1.54) is 11.3 Å². The van der Waals surface area contributed by atoms with E-state index >= 15 is 0 Å². The minimum Gasteiger partial charge on any atom is -0.481 e. The van der Waals surface area contributed by atoms with E-state index in [1.54, 1.807) is 7.11 Å². The fourth-order valence-corrected chi connectivity index (χ4v) is 6.03. The van der Waals surface area contributed by atoms with Crippen molar-refractivity contribution in [1.82, 2.24) is 9.88 Å². The number of amides is 1. The number of carboxylic acid groups (broad SMARTS) is 1. The molecular formula is C27H28N2O5S. The van der Waals surface area contributed by atoms with Crippen molar-refractivity contribution >= 4 is 44.3 Å². The summed E-state index contributed by atoms with van der Waals surface area (Å²) in [5.74, 6) is -1.64. The molecule has 0 aliphatic carbocycles. The van der Waals surface area contributed by atoms with Gasteiger partial charge in [-0.3, -0.25) is 9.59 Å². The van der Waals surface area contributed by atoms with Crippen LogP contribution in [0, 0.1) is 0 Å².